The van der Waals surface area contributed by atoms with Crippen LogP contribution in [0, 0.1) is 0 Å². The van der Waals surface area contributed by atoms with E-state index in [4.69, 9.17) is 0 Å². The Morgan fingerprint density at radius 1 is 1.24 bits per heavy atom. The van der Waals surface area contributed by atoms with Crippen molar-refractivity contribution in [1.29, 1.82) is 0 Å². The average Bonchev–Trinajstić information content (AvgIpc) is 2.83. The molecule has 0 aliphatic carbocycles. The fourth-order valence-corrected chi connectivity index (χ4v) is 1.47. The van der Waals surface area contributed by atoms with Crippen molar-refractivity contribution in [3.8, 4) is 0 Å². The van der Waals surface area contributed by atoms with E-state index >= 15 is 0 Å². The second kappa shape index (κ2) is 4.61. The normalized spacial score (nSPS) is 9.94. The van der Waals surface area contributed by atoms with Crippen LogP contribution in [0.3, 0.4) is 0 Å². The first-order valence-corrected chi connectivity index (χ1v) is 5.09. The molecule has 0 bridgehead atoms. The van der Waals surface area contributed by atoms with Gasteiger partial charge < -0.3 is 5.32 Å². The first kappa shape index (κ1) is 11.1. The SMILES string of the molecule is CC(=O)c1ccccc1NC(=O)c1ccn[nH]1. The summed E-state index contributed by atoms with van der Waals surface area (Å²) in [5.41, 5.74) is 1.34. The molecule has 1 amide bonds. The van der Waals surface area contributed by atoms with Crippen molar-refractivity contribution >= 4 is 17.4 Å². The van der Waals surface area contributed by atoms with Crippen LogP contribution in [-0.4, -0.2) is 21.9 Å². The van der Waals surface area contributed by atoms with Gasteiger partial charge in [0, 0.05) is 11.8 Å². The number of hydrogen-bond donors (Lipinski definition) is 2. The van der Waals surface area contributed by atoms with E-state index in [0.717, 1.165) is 0 Å². The summed E-state index contributed by atoms with van der Waals surface area (Å²) in [6, 6.07) is 8.43. The number of ketones is 1. The molecule has 86 valence electrons. The van der Waals surface area contributed by atoms with Crippen LogP contribution in [0.15, 0.2) is 36.5 Å². The third-order valence-corrected chi connectivity index (χ3v) is 2.30. The number of H-pyrrole nitrogens is 1. The second-order valence-electron chi connectivity index (χ2n) is 3.53. The van der Waals surface area contributed by atoms with Crippen molar-refractivity contribution in [2.75, 3.05) is 5.32 Å². The molecule has 0 aliphatic rings. The first-order chi connectivity index (χ1) is 8.18. The highest BCUT2D eigenvalue weighted by Gasteiger charge is 2.11. The molecule has 0 fully saturated rings. The van der Waals surface area contributed by atoms with E-state index in [0.29, 0.717) is 16.9 Å². The van der Waals surface area contributed by atoms with Crippen LogP contribution in [-0.2, 0) is 0 Å². The van der Waals surface area contributed by atoms with Crippen molar-refractivity contribution < 1.29 is 9.59 Å². The predicted molar refractivity (Wildman–Crippen MR) is 63.0 cm³/mol. The van der Waals surface area contributed by atoms with Crippen LogP contribution in [0.4, 0.5) is 5.69 Å². The van der Waals surface area contributed by atoms with E-state index in [2.05, 4.69) is 15.5 Å². The molecule has 2 aromatic rings. The third kappa shape index (κ3) is 2.39. The second-order valence-corrected chi connectivity index (χ2v) is 3.53. The number of aromatic amines is 1. The van der Waals surface area contributed by atoms with Gasteiger partial charge in [-0.2, -0.15) is 5.10 Å². The predicted octanol–water partition coefficient (Wildman–Crippen LogP) is 1.86. The lowest BCUT2D eigenvalue weighted by Crippen LogP contribution is -2.14. The maximum absolute atomic E-state index is 11.8. The Morgan fingerprint density at radius 2 is 2.00 bits per heavy atom. The number of benzene rings is 1. The molecule has 0 aliphatic heterocycles. The van der Waals surface area contributed by atoms with Crippen LogP contribution in [0.1, 0.15) is 27.8 Å². The summed E-state index contributed by atoms with van der Waals surface area (Å²) in [7, 11) is 0. The summed E-state index contributed by atoms with van der Waals surface area (Å²) in [6.07, 6.45) is 1.49. The minimum Gasteiger partial charge on any atom is -0.320 e. The van der Waals surface area contributed by atoms with Gasteiger partial charge in [-0.15, -0.1) is 0 Å². The number of hydrogen-bond acceptors (Lipinski definition) is 3. The molecule has 0 spiro atoms. The van der Waals surface area contributed by atoms with Gasteiger partial charge in [0.15, 0.2) is 5.78 Å². The lowest BCUT2D eigenvalue weighted by Gasteiger charge is -2.07. The van der Waals surface area contributed by atoms with Gasteiger partial charge in [0.1, 0.15) is 5.69 Å². The van der Waals surface area contributed by atoms with Crippen molar-refractivity contribution in [3.63, 3.8) is 0 Å². The largest absolute Gasteiger partial charge is 0.320 e. The Morgan fingerprint density at radius 3 is 2.65 bits per heavy atom. The molecular weight excluding hydrogens is 218 g/mol. The smallest absolute Gasteiger partial charge is 0.273 e. The van der Waals surface area contributed by atoms with Gasteiger partial charge in [0.05, 0.1) is 5.69 Å². The van der Waals surface area contributed by atoms with Crippen molar-refractivity contribution in [1.82, 2.24) is 10.2 Å². The topological polar surface area (TPSA) is 74.8 Å². The monoisotopic (exact) mass is 229 g/mol. The molecular formula is C12H11N3O2. The third-order valence-electron chi connectivity index (χ3n) is 2.30. The number of nitrogens with one attached hydrogen (secondary N) is 2. The molecule has 1 aromatic carbocycles. The van der Waals surface area contributed by atoms with Gasteiger partial charge in [-0.3, -0.25) is 14.7 Å². The molecule has 0 saturated heterocycles. The number of rotatable bonds is 3. The maximum atomic E-state index is 11.8. The number of nitrogens with zero attached hydrogens (tertiary/aromatic N) is 1. The molecule has 5 nitrogen and oxygen atoms in total. The van der Waals surface area contributed by atoms with Crippen molar-refractivity contribution in [2.24, 2.45) is 0 Å². The van der Waals surface area contributed by atoms with Gasteiger partial charge >= 0.3 is 0 Å². The molecule has 17 heavy (non-hydrogen) atoms. The number of carbonyl (C=O) groups is 2. The number of Topliss-reactive ketones (excluding diaryl/α,β-unsaturated/α-hetero) is 1. The summed E-state index contributed by atoms with van der Waals surface area (Å²) < 4.78 is 0. The molecule has 5 heteroatoms. The standard InChI is InChI=1S/C12H11N3O2/c1-8(16)9-4-2-3-5-10(9)14-12(17)11-6-7-13-15-11/h2-7H,1H3,(H,13,15)(H,14,17). The summed E-state index contributed by atoms with van der Waals surface area (Å²) in [5.74, 6) is -0.415. The minimum atomic E-state index is -0.323. The highest BCUT2D eigenvalue weighted by Crippen LogP contribution is 2.16. The fourth-order valence-electron chi connectivity index (χ4n) is 1.47. The van der Waals surface area contributed by atoms with Crippen LogP contribution < -0.4 is 5.32 Å². The zero-order valence-corrected chi connectivity index (χ0v) is 9.23. The Kier molecular flexibility index (Phi) is 3.00. The van der Waals surface area contributed by atoms with E-state index in [1.807, 2.05) is 0 Å². The number of aromatic nitrogens is 2. The Bertz CT molecular complexity index is 547. The average molecular weight is 229 g/mol. The highest BCUT2D eigenvalue weighted by molar-refractivity contribution is 6.08. The zero-order chi connectivity index (χ0) is 12.3. The fraction of sp³-hybridized carbons (Fsp3) is 0.0833. The molecule has 1 aromatic heterocycles. The zero-order valence-electron chi connectivity index (χ0n) is 9.23. The van der Waals surface area contributed by atoms with E-state index in [1.165, 1.54) is 13.1 Å². The van der Waals surface area contributed by atoms with E-state index in [1.54, 1.807) is 30.3 Å². The van der Waals surface area contributed by atoms with Crippen LogP contribution >= 0.6 is 0 Å². The Balaban J connectivity index is 2.25. The van der Waals surface area contributed by atoms with Crippen molar-refractivity contribution in [3.05, 3.63) is 47.8 Å². The molecule has 2 N–H and O–H groups in total. The van der Waals surface area contributed by atoms with Crippen LogP contribution in [0.2, 0.25) is 0 Å². The molecule has 0 atom stereocenters. The molecule has 1 heterocycles. The minimum absolute atomic E-state index is 0.0921. The van der Waals surface area contributed by atoms with E-state index in [-0.39, 0.29) is 11.7 Å². The Labute approximate surface area is 97.9 Å². The Hall–Kier alpha value is -2.43. The molecule has 0 unspecified atom stereocenters. The summed E-state index contributed by atoms with van der Waals surface area (Å²) in [6.45, 7) is 1.46. The lowest BCUT2D eigenvalue weighted by atomic mass is 10.1. The summed E-state index contributed by atoms with van der Waals surface area (Å²) in [5, 5.41) is 8.91. The summed E-state index contributed by atoms with van der Waals surface area (Å²) in [4.78, 5) is 23.1. The number of para-hydroxylation sites is 1. The van der Waals surface area contributed by atoms with E-state index in [9.17, 15) is 9.59 Å². The molecule has 0 radical (unpaired) electrons. The number of carbonyl (C=O) groups excluding carboxylic acids is 2. The molecule has 0 saturated carbocycles. The van der Waals surface area contributed by atoms with Crippen LogP contribution in [0.5, 0.6) is 0 Å². The lowest BCUT2D eigenvalue weighted by molar-refractivity contribution is 0.101. The number of anilines is 1. The quantitative estimate of drug-likeness (QED) is 0.789. The van der Waals surface area contributed by atoms with Gasteiger partial charge in [-0.1, -0.05) is 12.1 Å². The van der Waals surface area contributed by atoms with Crippen LogP contribution in [0.25, 0.3) is 0 Å². The molecule has 2 rings (SSSR count). The van der Waals surface area contributed by atoms with Gasteiger partial charge in [0.25, 0.3) is 5.91 Å². The van der Waals surface area contributed by atoms with E-state index < -0.39 is 0 Å². The highest BCUT2D eigenvalue weighted by atomic mass is 16.2. The number of amides is 1. The summed E-state index contributed by atoms with van der Waals surface area (Å²) >= 11 is 0. The first-order valence-electron chi connectivity index (χ1n) is 5.09. The van der Waals surface area contributed by atoms with Crippen molar-refractivity contribution in [2.45, 2.75) is 6.92 Å². The van der Waals surface area contributed by atoms with Gasteiger partial charge in [-0.05, 0) is 25.1 Å². The van der Waals surface area contributed by atoms with Gasteiger partial charge in [0.2, 0.25) is 0 Å². The van der Waals surface area contributed by atoms with Gasteiger partial charge in [-0.25, -0.2) is 0 Å². The maximum Gasteiger partial charge on any atom is 0.273 e.